The Labute approximate surface area is 159 Å². The van der Waals surface area contributed by atoms with E-state index in [9.17, 15) is 9.59 Å². The van der Waals surface area contributed by atoms with E-state index < -0.39 is 5.91 Å². The van der Waals surface area contributed by atoms with Crippen molar-refractivity contribution < 1.29 is 19.1 Å². The van der Waals surface area contributed by atoms with E-state index in [-0.39, 0.29) is 12.5 Å². The van der Waals surface area contributed by atoms with Crippen molar-refractivity contribution in [3.8, 4) is 21.9 Å². The summed E-state index contributed by atoms with van der Waals surface area (Å²) < 4.78 is 11.0. The zero-order valence-corrected chi connectivity index (χ0v) is 15.0. The third-order valence-electron chi connectivity index (χ3n) is 4.02. The summed E-state index contributed by atoms with van der Waals surface area (Å²) in [5.41, 5.74) is 7.66. The highest BCUT2D eigenvalue weighted by Gasteiger charge is 2.22. The molecular formula is C20H16N2O4S. The fourth-order valence-corrected chi connectivity index (χ4v) is 3.91. The summed E-state index contributed by atoms with van der Waals surface area (Å²) in [4.78, 5) is 25.1. The highest BCUT2D eigenvalue weighted by atomic mass is 32.1. The van der Waals surface area contributed by atoms with Crippen molar-refractivity contribution in [2.75, 3.05) is 11.9 Å². The molecule has 0 bridgehead atoms. The molecule has 0 radical (unpaired) electrons. The number of amides is 2. The number of carbonyl (C=O) groups excluding carboxylic acids is 2. The second-order valence-corrected chi connectivity index (χ2v) is 7.04. The van der Waals surface area contributed by atoms with Gasteiger partial charge in [-0.05, 0) is 30.3 Å². The van der Waals surface area contributed by atoms with Crippen LogP contribution < -0.4 is 20.5 Å². The van der Waals surface area contributed by atoms with Crippen molar-refractivity contribution in [2.45, 2.75) is 6.61 Å². The van der Waals surface area contributed by atoms with Crippen molar-refractivity contribution in [1.29, 1.82) is 0 Å². The monoisotopic (exact) mass is 380 g/mol. The van der Waals surface area contributed by atoms with Crippen molar-refractivity contribution in [3.05, 3.63) is 65.0 Å². The van der Waals surface area contributed by atoms with E-state index >= 15 is 0 Å². The molecule has 3 aromatic rings. The Kier molecular flexibility index (Phi) is 4.52. The molecule has 6 nitrogen and oxygen atoms in total. The summed E-state index contributed by atoms with van der Waals surface area (Å²) in [6.45, 7) is 0.237. The van der Waals surface area contributed by atoms with Gasteiger partial charge in [0, 0.05) is 27.8 Å². The normalized spacial score (nSPS) is 11.7. The summed E-state index contributed by atoms with van der Waals surface area (Å²) in [6.07, 6.45) is 0. The van der Waals surface area contributed by atoms with Crippen LogP contribution in [0, 0.1) is 0 Å². The number of benzene rings is 2. The van der Waals surface area contributed by atoms with Crippen LogP contribution in [0.1, 0.15) is 15.2 Å². The quantitative estimate of drug-likeness (QED) is 0.710. The maximum absolute atomic E-state index is 12.7. The Hall–Kier alpha value is -3.32. The molecule has 3 N–H and O–H groups in total. The molecule has 136 valence electrons. The first-order valence-corrected chi connectivity index (χ1v) is 9.09. The van der Waals surface area contributed by atoms with Crippen LogP contribution in [0.25, 0.3) is 10.4 Å². The average molecular weight is 380 g/mol. The van der Waals surface area contributed by atoms with Gasteiger partial charge in [0.05, 0.1) is 4.88 Å². The lowest BCUT2D eigenvalue weighted by Crippen LogP contribution is -2.20. The number of primary amides is 1. The number of ether oxygens (including phenoxy) is 2. The highest BCUT2D eigenvalue weighted by Crippen LogP contribution is 2.42. The van der Waals surface area contributed by atoms with Gasteiger partial charge in [-0.3, -0.25) is 9.59 Å². The Morgan fingerprint density at radius 1 is 1.15 bits per heavy atom. The number of rotatable bonds is 5. The molecule has 0 saturated heterocycles. The molecular weight excluding hydrogens is 364 g/mol. The molecule has 0 aliphatic carbocycles. The van der Waals surface area contributed by atoms with E-state index in [1.54, 1.807) is 24.3 Å². The maximum atomic E-state index is 12.7. The minimum Gasteiger partial charge on any atom is -0.488 e. The Balaban J connectivity index is 1.53. The van der Waals surface area contributed by atoms with Crippen LogP contribution in [0.4, 0.5) is 5.69 Å². The molecule has 2 heterocycles. The lowest BCUT2D eigenvalue weighted by Gasteiger charge is -2.16. The Bertz CT molecular complexity index is 1030. The van der Waals surface area contributed by atoms with E-state index in [2.05, 4.69) is 5.32 Å². The maximum Gasteiger partial charge on any atom is 0.265 e. The third-order valence-corrected chi connectivity index (χ3v) is 5.23. The first-order chi connectivity index (χ1) is 13.1. The number of para-hydroxylation sites is 1. The second kappa shape index (κ2) is 7.13. The number of nitrogens with one attached hydrogen (secondary N) is 1. The average Bonchev–Trinajstić information content (AvgIpc) is 3.12. The lowest BCUT2D eigenvalue weighted by molar-refractivity contribution is -0.119. The fourth-order valence-electron chi connectivity index (χ4n) is 2.82. The number of hydrogen-bond acceptors (Lipinski definition) is 5. The smallest absolute Gasteiger partial charge is 0.265 e. The number of nitrogens with two attached hydrogens (primary N) is 1. The van der Waals surface area contributed by atoms with Crippen LogP contribution in [0.3, 0.4) is 0 Å². The van der Waals surface area contributed by atoms with Gasteiger partial charge in [-0.2, -0.15) is 0 Å². The predicted molar refractivity (Wildman–Crippen MR) is 103 cm³/mol. The molecule has 1 aliphatic heterocycles. The number of fused-ring (bicyclic) bond motifs is 3. The molecule has 0 fully saturated rings. The minimum absolute atomic E-state index is 0.209. The van der Waals surface area contributed by atoms with Crippen LogP contribution >= 0.6 is 11.3 Å². The number of hydrogen-bond donors (Lipinski definition) is 2. The molecule has 1 aromatic heterocycles. The summed E-state index contributed by atoms with van der Waals surface area (Å²) in [6, 6.07) is 16.5. The molecule has 0 atom stereocenters. The zero-order valence-electron chi connectivity index (χ0n) is 14.2. The van der Waals surface area contributed by atoms with E-state index in [4.69, 9.17) is 15.2 Å². The number of carbonyl (C=O) groups is 2. The van der Waals surface area contributed by atoms with Crippen LogP contribution in [0.15, 0.2) is 54.6 Å². The molecule has 0 unspecified atom stereocenters. The molecule has 2 amide bonds. The van der Waals surface area contributed by atoms with Crippen molar-refractivity contribution in [1.82, 2.24) is 0 Å². The van der Waals surface area contributed by atoms with Gasteiger partial charge >= 0.3 is 0 Å². The van der Waals surface area contributed by atoms with Crippen molar-refractivity contribution >= 4 is 28.8 Å². The first kappa shape index (κ1) is 17.1. The molecule has 27 heavy (non-hydrogen) atoms. The van der Waals surface area contributed by atoms with E-state index in [1.807, 2.05) is 30.3 Å². The minimum atomic E-state index is -0.559. The standard InChI is InChI=1S/C20H16N2O4S/c21-18(23)11-25-14-5-3-4-13(9-14)22-20(24)17-8-12-10-26-16-7-2-1-6-15(16)19(12)27-17/h1-9H,10-11H2,(H2,21,23)(H,22,24). The summed E-state index contributed by atoms with van der Waals surface area (Å²) in [7, 11) is 0. The van der Waals surface area contributed by atoms with Gasteiger partial charge in [0.1, 0.15) is 18.1 Å². The molecule has 1 aliphatic rings. The van der Waals surface area contributed by atoms with Crippen LogP contribution in [-0.2, 0) is 11.4 Å². The number of anilines is 1. The fraction of sp³-hybridized carbons (Fsp3) is 0.100. The molecule has 4 rings (SSSR count). The van der Waals surface area contributed by atoms with Gasteiger partial charge in [0.15, 0.2) is 6.61 Å². The molecule has 0 spiro atoms. The lowest BCUT2D eigenvalue weighted by atomic mass is 10.1. The Morgan fingerprint density at radius 3 is 2.85 bits per heavy atom. The number of thiophene rings is 1. The van der Waals surface area contributed by atoms with Gasteiger partial charge in [-0.25, -0.2) is 0 Å². The second-order valence-electron chi connectivity index (χ2n) is 5.99. The SMILES string of the molecule is NC(=O)COc1cccc(NC(=O)c2cc3c(s2)-c2ccccc2OC3)c1. The van der Waals surface area contributed by atoms with Gasteiger partial charge in [0.2, 0.25) is 0 Å². The summed E-state index contributed by atoms with van der Waals surface area (Å²) in [5, 5.41) is 2.85. The van der Waals surface area contributed by atoms with E-state index in [0.29, 0.717) is 22.9 Å². The topological polar surface area (TPSA) is 90.7 Å². The predicted octanol–water partition coefficient (Wildman–Crippen LogP) is 3.42. The molecule has 7 heteroatoms. The molecule has 2 aromatic carbocycles. The molecule has 0 saturated carbocycles. The van der Waals surface area contributed by atoms with Crippen LogP contribution in [0.5, 0.6) is 11.5 Å². The van der Waals surface area contributed by atoms with Crippen molar-refractivity contribution in [3.63, 3.8) is 0 Å². The highest BCUT2D eigenvalue weighted by molar-refractivity contribution is 7.17. The third kappa shape index (κ3) is 3.63. The van der Waals surface area contributed by atoms with Crippen molar-refractivity contribution in [2.24, 2.45) is 5.73 Å². The van der Waals surface area contributed by atoms with Crippen LogP contribution in [-0.4, -0.2) is 18.4 Å². The van der Waals surface area contributed by atoms with Gasteiger partial charge in [-0.1, -0.05) is 18.2 Å². The first-order valence-electron chi connectivity index (χ1n) is 8.27. The van der Waals surface area contributed by atoms with E-state index in [0.717, 1.165) is 21.8 Å². The van der Waals surface area contributed by atoms with Gasteiger partial charge in [-0.15, -0.1) is 11.3 Å². The van der Waals surface area contributed by atoms with Gasteiger partial charge in [0.25, 0.3) is 11.8 Å². The van der Waals surface area contributed by atoms with Crippen LogP contribution in [0.2, 0.25) is 0 Å². The van der Waals surface area contributed by atoms with E-state index in [1.165, 1.54) is 11.3 Å². The van der Waals surface area contributed by atoms with Gasteiger partial charge < -0.3 is 20.5 Å². The summed E-state index contributed by atoms with van der Waals surface area (Å²) in [5.74, 6) is 0.521. The summed E-state index contributed by atoms with van der Waals surface area (Å²) >= 11 is 1.44. The Morgan fingerprint density at radius 2 is 2.00 bits per heavy atom. The zero-order chi connectivity index (χ0) is 18.8. The largest absolute Gasteiger partial charge is 0.488 e.